The number of carbonyl (C=O) groups is 1. The smallest absolute Gasteiger partial charge is 0.255 e. The van der Waals surface area contributed by atoms with E-state index in [9.17, 15) is 18.3 Å². The minimum atomic E-state index is -3.62. The van der Waals surface area contributed by atoms with E-state index in [0.717, 1.165) is 24.0 Å². The number of sulfonamides is 1. The number of phenols is 1. The first-order valence-corrected chi connectivity index (χ1v) is 9.95. The van der Waals surface area contributed by atoms with Crippen LogP contribution in [0.5, 0.6) is 5.75 Å². The summed E-state index contributed by atoms with van der Waals surface area (Å²) >= 11 is 0. The molecule has 2 aromatic carbocycles. The number of anilines is 1. The Morgan fingerprint density at radius 2 is 1.73 bits per heavy atom. The van der Waals surface area contributed by atoms with E-state index in [-0.39, 0.29) is 16.3 Å². The van der Waals surface area contributed by atoms with Crippen molar-refractivity contribution >= 4 is 21.6 Å². The quantitative estimate of drug-likeness (QED) is 0.806. The summed E-state index contributed by atoms with van der Waals surface area (Å²) in [6.07, 6.45) is 1.68. The van der Waals surface area contributed by atoms with E-state index in [0.29, 0.717) is 18.7 Å². The number of nitrogens with zero attached hydrogens (tertiary/aromatic N) is 1. The summed E-state index contributed by atoms with van der Waals surface area (Å²) in [5, 5.41) is 12.6. The zero-order valence-corrected chi connectivity index (χ0v) is 15.6. The number of amides is 1. The van der Waals surface area contributed by atoms with Gasteiger partial charge in [0.05, 0.1) is 10.6 Å². The van der Waals surface area contributed by atoms with Gasteiger partial charge >= 0.3 is 0 Å². The predicted molar refractivity (Wildman–Crippen MR) is 100.0 cm³/mol. The molecular weight excluding hydrogens is 352 g/mol. The van der Waals surface area contributed by atoms with Crippen molar-refractivity contribution < 1.29 is 18.3 Å². The van der Waals surface area contributed by atoms with Crippen molar-refractivity contribution in [3.63, 3.8) is 0 Å². The van der Waals surface area contributed by atoms with Crippen LogP contribution in [0, 0.1) is 13.8 Å². The molecule has 0 aliphatic carbocycles. The van der Waals surface area contributed by atoms with Gasteiger partial charge in [-0.05, 0) is 68.1 Å². The normalized spacial score (nSPS) is 15.2. The summed E-state index contributed by atoms with van der Waals surface area (Å²) in [6.45, 7) is 4.85. The molecule has 1 saturated heterocycles. The second-order valence-electron chi connectivity index (χ2n) is 6.54. The van der Waals surface area contributed by atoms with Crippen molar-refractivity contribution in [2.45, 2.75) is 31.6 Å². The molecule has 7 heteroatoms. The monoisotopic (exact) mass is 374 g/mol. The molecule has 0 bridgehead atoms. The molecule has 6 nitrogen and oxygen atoms in total. The van der Waals surface area contributed by atoms with Gasteiger partial charge < -0.3 is 10.4 Å². The fourth-order valence-electron chi connectivity index (χ4n) is 2.93. The van der Waals surface area contributed by atoms with Crippen LogP contribution in [0.3, 0.4) is 0 Å². The van der Waals surface area contributed by atoms with Crippen LogP contribution < -0.4 is 5.32 Å². The van der Waals surface area contributed by atoms with Crippen molar-refractivity contribution in [1.82, 2.24) is 4.31 Å². The summed E-state index contributed by atoms with van der Waals surface area (Å²) < 4.78 is 26.8. The Labute approximate surface area is 153 Å². The van der Waals surface area contributed by atoms with Crippen LogP contribution in [0.1, 0.15) is 34.3 Å². The fraction of sp³-hybridized carbons (Fsp3) is 0.316. The second-order valence-corrected chi connectivity index (χ2v) is 8.48. The van der Waals surface area contributed by atoms with Gasteiger partial charge in [-0.15, -0.1) is 0 Å². The van der Waals surface area contributed by atoms with Crippen LogP contribution >= 0.6 is 0 Å². The molecule has 1 heterocycles. The number of rotatable bonds is 4. The van der Waals surface area contributed by atoms with E-state index in [4.69, 9.17) is 0 Å². The number of carbonyl (C=O) groups excluding carboxylic acids is 1. The average Bonchev–Trinajstić information content (AvgIpc) is 3.14. The molecule has 0 atom stereocenters. The minimum absolute atomic E-state index is 0.0626. The molecule has 0 radical (unpaired) electrons. The molecule has 0 unspecified atom stereocenters. The zero-order valence-electron chi connectivity index (χ0n) is 14.8. The third kappa shape index (κ3) is 3.59. The summed E-state index contributed by atoms with van der Waals surface area (Å²) in [6, 6.07) is 9.25. The summed E-state index contributed by atoms with van der Waals surface area (Å²) in [5.41, 5.74) is 2.57. The molecule has 1 fully saturated rings. The van der Waals surface area contributed by atoms with Crippen LogP contribution in [0.25, 0.3) is 0 Å². The van der Waals surface area contributed by atoms with Gasteiger partial charge in [-0.2, -0.15) is 4.31 Å². The Morgan fingerprint density at radius 1 is 1.04 bits per heavy atom. The first-order chi connectivity index (χ1) is 12.3. The van der Waals surface area contributed by atoms with Crippen LogP contribution in [0.2, 0.25) is 0 Å². The molecule has 2 N–H and O–H groups in total. The number of aryl methyl sites for hydroxylation is 2. The number of aromatic hydroxyl groups is 1. The van der Waals surface area contributed by atoms with Crippen molar-refractivity contribution in [3.05, 3.63) is 53.1 Å². The number of benzene rings is 2. The highest BCUT2D eigenvalue weighted by Crippen LogP contribution is 2.29. The van der Waals surface area contributed by atoms with Gasteiger partial charge in [0, 0.05) is 18.7 Å². The predicted octanol–water partition coefficient (Wildman–Crippen LogP) is 3.05. The minimum Gasteiger partial charge on any atom is -0.506 e. The molecule has 1 aliphatic heterocycles. The molecule has 2 aromatic rings. The van der Waals surface area contributed by atoms with E-state index >= 15 is 0 Å². The molecule has 138 valence electrons. The third-order valence-corrected chi connectivity index (χ3v) is 6.58. The lowest BCUT2D eigenvalue weighted by atomic mass is 10.1. The molecule has 0 spiro atoms. The SMILES string of the molecule is Cc1ccc(C(=O)Nc2cc(S(=O)(=O)N3CCCC3)ccc2O)cc1C. The summed E-state index contributed by atoms with van der Waals surface area (Å²) in [4.78, 5) is 12.5. The molecule has 3 rings (SSSR count). The van der Waals surface area contributed by atoms with Gasteiger partial charge in [-0.3, -0.25) is 4.79 Å². The lowest BCUT2D eigenvalue weighted by Gasteiger charge is -2.17. The van der Waals surface area contributed by atoms with Crippen molar-refractivity contribution in [2.24, 2.45) is 0 Å². The number of phenolic OH excluding ortho intramolecular Hbond substituents is 1. The highest BCUT2D eigenvalue weighted by Gasteiger charge is 2.28. The Kier molecular flexibility index (Phi) is 5.02. The summed E-state index contributed by atoms with van der Waals surface area (Å²) in [5.74, 6) is -0.582. The maximum absolute atomic E-state index is 12.7. The standard InChI is InChI=1S/C19H22N2O4S/c1-13-5-6-15(11-14(13)2)19(23)20-17-12-16(7-8-18(17)22)26(24,25)21-9-3-4-10-21/h5-8,11-12,22H,3-4,9-10H2,1-2H3,(H,20,23). The van der Waals surface area contributed by atoms with E-state index in [1.54, 1.807) is 12.1 Å². The Balaban J connectivity index is 1.88. The van der Waals surface area contributed by atoms with Crippen molar-refractivity contribution in [1.29, 1.82) is 0 Å². The van der Waals surface area contributed by atoms with Gasteiger partial charge in [0.25, 0.3) is 5.91 Å². The maximum Gasteiger partial charge on any atom is 0.255 e. The number of hydrogen-bond acceptors (Lipinski definition) is 4. The Morgan fingerprint density at radius 3 is 2.38 bits per heavy atom. The second kappa shape index (κ2) is 7.09. The number of hydrogen-bond donors (Lipinski definition) is 2. The first-order valence-electron chi connectivity index (χ1n) is 8.51. The van der Waals surface area contributed by atoms with E-state index in [1.165, 1.54) is 22.5 Å². The zero-order chi connectivity index (χ0) is 18.9. The highest BCUT2D eigenvalue weighted by atomic mass is 32.2. The molecule has 0 aromatic heterocycles. The maximum atomic E-state index is 12.7. The van der Waals surface area contributed by atoms with Crippen LogP contribution in [0.4, 0.5) is 5.69 Å². The topological polar surface area (TPSA) is 86.7 Å². The van der Waals surface area contributed by atoms with Gasteiger partial charge in [0.2, 0.25) is 10.0 Å². The lowest BCUT2D eigenvalue weighted by molar-refractivity contribution is 0.102. The Bertz CT molecular complexity index is 948. The van der Waals surface area contributed by atoms with Crippen LogP contribution in [-0.4, -0.2) is 36.8 Å². The third-order valence-electron chi connectivity index (χ3n) is 4.69. The van der Waals surface area contributed by atoms with E-state index in [1.807, 2.05) is 19.9 Å². The first kappa shape index (κ1) is 18.4. The number of nitrogens with one attached hydrogen (secondary N) is 1. The van der Waals surface area contributed by atoms with Crippen LogP contribution in [0.15, 0.2) is 41.3 Å². The largest absolute Gasteiger partial charge is 0.506 e. The van der Waals surface area contributed by atoms with Gasteiger partial charge in [-0.25, -0.2) is 8.42 Å². The molecular formula is C19H22N2O4S. The van der Waals surface area contributed by atoms with E-state index in [2.05, 4.69) is 5.32 Å². The highest BCUT2D eigenvalue weighted by molar-refractivity contribution is 7.89. The van der Waals surface area contributed by atoms with Crippen molar-refractivity contribution in [3.8, 4) is 5.75 Å². The van der Waals surface area contributed by atoms with Gasteiger partial charge in [0.1, 0.15) is 5.75 Å². The fourth-order valence-corrected chi connectivity index (χ4v) is 4.47. The molecule has 1 amide bonds. The van der Waals surface area contributed by atoms with Gasteiger partial charge in [-0.1, -0.05) is 6.07 Å². The lowest BCUT2D eigenvalue weighted by Crippen LogP contribution is -2.28. The average molecular weight is 374 g/mol. The van der Waals surface area contributed by atoms with Gasteiger partial charge in [0.15, 0.2) is 0 Å². The molecule has 1 aliphatic rings. The summed E-state index contributed by atoms with van der Waals surface area (Å²) in [7, 11) is -3.62. The molecule has 0 saturated carbocycles. The van der Waals surface area contributed by atoms with Crippen LogP contribution in [-0.2, 0) is 10.0 Å². The Hall–Kier alpha value is -2.38. The molecule has 26 heavy (non-hydrogen) atoms. The van der Waals surface area contributed by atoms with Crippen molar-refractivity contribution in [2.75, 3.05) is 18.4 Å². The van der Waals surface area contributed by atoms with E-state index < -0.39 is 15.9 Å².